The number of rotatable bonds is 3. The molecule has 0 radical (unpaired) electrons. The van der Waals surface area contributed by atoms with Crippen molar-refractivity contribution >= 4 is 11.0 Å². The minimum atomic E-state index is -0.0261. The zero-order valence-corrected chi connectivity index (χ0v) is 10.8. The summed E-state index contributed by atoms with van der Waals surface area (Å²) in [5, 5.41) is 0. The Bertz CT molecular complexity index is 673. The summed E-state index contributed by atoms with van der Waals surface area (Å²) in [5.74, 6) is 0. The Kier molecular flexibility index (Phi) is 3.01. The van der Waals surface area contributed by atoms with Crippen LogP contribution < -0.4 is 5.73 Å². The largest absolute Gasteiger partial charge is 0.326 e. The number of hydrogen-bond acceptors (Lipinski definition) is 3. The molecule has 96 valence electrons. The van der Waals surface area contributed by atoms with E-state index in [1.807, 2.05) is 43.7 Å². The van der Waals surface area contributed by atoms with E-state index in [1.54, 1.807) is 6.20 Å². The fourth-order valence-electron chi connectivity index (χ4n) is 2.47. The summed E-state index contributed by atoms with van der Waals surface area (Å²) < 4.78 is 2.12. The van der Waals surface area contributed by atoms with Crippen LogP contribution >= 0.6 is 0 Å². The van der Waals surface area contributed by atoms with Crippen LogP contribution in [0.5, 0.6) is 0 Å². The van der Waals surface area contributed by atoms with Crippen LogP contribution in [0, 0.1) is 0 Å². The second kappa shape index (κ2) is 4.82. The van der Waals surface area contributed by atoms with Gasteiger partial charge in [0, 0.05) is 18.4 Å². The Balaban J connectivity index is 2.16. The molecule has 0 spiro atoms. The first-order chi connectivity index (χ1) is 9.27. The van der Waals surface area contributed by atoms with Crippen LogP contribution in [0.1, 0.15) is 18.5 Å². The number of nitrogens with zero attached hydrogens (tertiary/aromatic N) is 3. The molecule has 0 amide bonds. The Morgan fingerprint density at radius 2 is 2.00 bits per heavy atom. The molecule has 4 nitrogen and oxygen atoms in total. The third-order valence-electron chi connectivity index (χ3n) is 3.30. The van der Waals surface area contributed by atoms with Crippen molar-refractivity contribution in [1.29, 1.82) is 0 Å². The highest BCUT2D eigenvalue weighted by molar-refractivity contribution is 5.75. The normalized spacial score (nSPS) is 14.4. The number of aromatic nitrogens is 3. The van der Waals surface area contributed by atoms with E-state index in [0.29, 0.717) is 0 Å². The van der Waals surface area contributed by atoms with Crippen molar-refractivity contribution in [3.05, 3.63) is 60.7 Å². The lowest BCUT2D eigenvalue weighted by Gasteiger charge is -2.23. The molecular formula is C15H16N4. The summed E-state index contributed by atoms with van der Waals surface area (Å²) >= 11 is 0. The molecule has 2 heterocycles. The zero-order valence-electron chi connectivity index (χ0n) is 10.8. The summed E-state index contributed by atoms with van der Waals surface area (Å²) in [7, 11) is 0. The summed E-state index contributed by atoms with van der Waals surface area (Å²) in [6.07, 6.45) is 5.49. The Hall–Kier alpha value is -2.20. The van der Waals surface area contributed by atoms with Crippen LogP contribution in [0.15, 0.2) is 55.1 Å². The van der Waals surface area contributed by atoms with Gasteiger partial charge in [-0.2, -0.15) is 0 Å². The fraction of sp³-hybridized carbons (Fsp3) is 0.200. The van der Waals surface area contributed by atoms with E-state index in [1.165, 1.54) is 0 Å². The van der Waals surface area contributed by atoms with Crippen LogP contribution in [0.25, 0.3) is 11.0 Å². The quantitative estimate of drug-likeness (QED) is 0.778. The molecule has 0 fully saturated rings. The molecule has 0 aliphatic heterocycles. The Morgan fingerprint density at radius 1 is 1.16 bits per heavy atom. The van der Waals surface area contributed by atoms with E-state index in [-0.39, 0.29) is 12.1 Å². The number of para-hydroxylation sites is 2. The molecule has 0 bridgehead atoms. The lowest BCUT2D eigenvalue weighted by molar-refractivity contribution is 0.505. The van der Waals surface area contributed by atoms with Crippen LogP contribution in [-0.4, -0.2) is 20.6 Å². The number of fused-ring (bicyclic) bond motifs is 1. The number of hydrogen-bond donors (Lipinski definition) is 1. The monoisotopic (exact) mass is 252 g/mol. The van der Waals surface area contributed by atoms with Crippen molar-refractivity contribution in [3.8, 4) is 0 Å². The van der Waals surface area contributed by atoms with Crippen LogP contribution in [-0.2, 0) is 0 Å². The standard InChI is InChI=1S/C15H16N4/c1-11(16)15(12-5-4-8-17-9-12)19-10-18-13-6-2-3-7-14(13)19/h2-11,15H,16H2,1H3. The minimum absolute atomic E-state index is 0.0261. The van der Waals surface area contributed by atoms with Crippen molar-refractivity contribution in [2.75, 3.05) is 0 Å². The van der Waals surface area contributed by atoms with Gasteiger partial charge in [-0.1, -0.05) is 18.2 Å². The van der Waals surface area contributed by atoms with Crippen LogP contribution in [0.2, 0.25) is 0 Å². The van der Waals surface area contributed by atoms with E-state index in [9.17, 15) is 0 Å². The van der Waals surface area contributed by atoms with Crippen molar-refractivity contribution in [2.24, 2.45) is 5.73 Å². The van der Waals surface area contributed by atoms with Gasteiger partial charge in [-0.25, -0.2) is 4.98 Å². The topological polar surface area (TPSA) is 56.7 Å². The summed E-state index contributed by atoms with van der Waals surface area (Å²) in [6, 6.07) is 12.1. The molecule has 4 heteroatoms. The van der Waals surface area contributed by atoms with Crippen molar-refractivity contribution < 1.29 is 0 Å². The van der Waals surface area contributed by atoms with Crippen molar-refractivity contribution in [3.63, 3.8) is 0 Å². The second-order valence-electron chi connectivity index (χ2n) is 4.73. The smallest absolute Gasteiger partial charge is 0.0964 e. The molecule has 1 aromatic carbocycles. The molecule has 0 aliphatic carbocycles. The molecule has 3 rings (SSSR count). The molecule has 0 saturated carbocycles. The maximum atomic E-state index is 6.17. The SMILES string of the molecule is CC(N)C(c1cccnc1)n1cnc2ccccc21. The first-order valence-electron chi connectivity index (χ1n) is 6.34. The average Bonchev–Trinajstić information content (AvgIpc) is 2.84. The average molecular weight is 252 g/mol. The van der Waals surface area contributed by atoms with Gasteiger partial charge >= 0.3 is 0 Å². The van der Waals surface area contributed by atoms with Gasteiger partial charge in [0.15, 0.2) is 0 Å². The van der Waals surface area contributed by atoms with E-state index in [0.717, 1.165) is 16.6 Å². The highest BCUT2D eigenvalue weighted by Crippen LogP contribution is 2.25. The zero-order chi connectivity index (χ0) is 13.2. The highest BCUT2D eigenvalue weighted by Gasteiger charge is 2.20. The predicted octanol–water partition coefficient (Wildman–Crippen LogP) is 2.37. The van der Waals surface area contributed by atoms with Gasteiger partial charge in [-0.15, -0.1) is 0 Å². The summed E-state index contributed by atoms with van der Waals surface area (Å²) in [6.45, 7) is 2.01. The van der Waals surface area contributed by atoms with Gasteiger partial charge in [0.1, 0.15) is 0 Å². The molecule has 2 atom stereocenters. The lowest BCUT2D eigenvalue weighted by atomic mass is 10.0. The Morgan fingerprint density at radius 3 is 2.74 bits per heavy atom. The molecule has 2 unspecified atom stereocenters. The van der Waals surface area contributed by atoms with Crippen LogP contribution in [0.3, 0.4) is 0 Å². The molecule has 0 saturated heterocycles. The van der Waals surface area contributed by atoms with Gasteiger partial charge in [0.05, 0.1) is 23.4 Å². The van der Waals surface area contributed by atoms with E-state index >= 15 is 0 Å². The van der Waals surface area contributed by atoms with Gasteiger partial charge in [0.2, 0.25) is 0 Å². The summed E-state index contributed by atoms with van der Waals surface area (Å²) in [5.41, 5.74) is 9.35. The van der Waals surface area contributed by atoms with E-state index in [4.69, 9.17) is 5.73 Å². The number of benzene rings is 1. The predicted molar refractivity (Wildman–Crippen MR) is 75.8 cm³/mol. The Labute approximate surface area is 111 Å². The van der Waals surface area contributed by atoms with Crippen molar-refractivity contribution in [2.45, 2.75) is 19.0 Å². The number of imidazole rings is 1. The van der Waals surface area contributed by atoms with Gasteiger partial charge < -0.3 is 10.3 Å². The first-order valence-corrected chi connectivity index (χ1v) is 6.34. The third-order valence-corrected chi connectivity index (χ3v) is 3.30. The highest BCUT2D eigenvalue weighted by atomic mass is 15.1. The summed E-state index contributed by atoms with van der Waals surface area (Å²) in [4.78, 5) is 8.62. The van der Waals surface area contributed by atoms with Gasteiger partial charge in [0.25, 0.3) is 0 Å². The molecule has 2 aromatic heterocycles. The number of pyridine rings is 1. The molecule has 0 aliphatic rings. The minimum Gasteiger partial charge on any atom is -0.326 e. The molecule has 3 aromatic rings. The fourth-order valence-corrected chi connectivity index (χ4v) is 2.47. The van der Waals surface area contributed by atoms with Gasteiger partial charge in [-0.05, 0) is 30.7 Å². The maximum Gasteiger partial charge on any atom is 0.0964 e. The second-order valence-corrected chi connectivity index (χ2v) is 4.73. The van der Waals surface area contributed by atoms with E-state index < -0.39 is 0 Å². The lowest BCUT2D eigenvalue weighted by Crippen LogP contribution is -2.30. The molecule has 2 N–H and O–H groups in total. The van der Waals surface area contributed by atoms with E-state index in [2.05, 4.69) is 26.7 Å². The van der Waals surface area contributed by atoms with Crippen molar-refractivity contribution in [1.82, 2.24) is 14.5 Å². The maximum absolute atomic E-state index is 6.17. The third kappa shape index (κ3) is 2.11. The van der Waals surface area contributed by atoms with Gasteiger partial charge in [-0.3, -0.25) is 4.98 Å². The molecular weight excluding hydrogens is 236 g/mol. The van der Waals surface area contributed by atoms with Crippen LogP contribution in [0.4, 0.5) is 0 Å². The first kappa shape index (κ1) is 11.9. The number of nitrogens with two attached hydrogens (primary N) is 1. The molecule has 19 heavy (non-hydrogen) atoms.